The van der Waals surface area contributed by atoms with Gasteiger partial charge in [0.1, 0.15) is 11.4 Å². The van der Waals surface area contributed by atoms with Gasteiger partial charge in [-0.25, -0.2) is 4.39 Å². The Kier molecular flexibility index (Phi) is 7.84. The number of nitrogens with one attached hydrogen (secondary N) is 2. The lowest BCUT2D eigenvalue weighted by atomic mass is 9.84. The molecule has 0 spiro atoms. The maximum absolute atomic E-state index is 13.4. The summed E-state index contributed by atoms with van der Waals surface area (Å²) in [6.07, 6.45) is 1.10. The van der Waals surface area contributed by atoms with E-state index in [4.69, 9.17) is 11.6 Å². The number of rotatable bonds is 8. The van der Waals surface area contributed by atoms with E-state index in [-0.39, 0.29) is 23.3 Å². The van der Waals surface area contributed by atoms with Crippen LogP contribution in [0, 0.1) is 11.7 Å². The first-order valence-electron chi connectivity index (χ1n) is 9.70. The third-order valence-corrected chi connectivity index (χ3v) is 5.83. The van der Waals surface area contributed by atoms with Crippen molar-refractivity contribution in [3.63, 3.8) is 0 Å². The van der Waals surface area contributed by atoms with Gasteiger partial charge in [0.05, 0.1) is 5.02 Å². The highest BCUT2D eigenvalue weighted by atomic mass is 35.5. The number of hydrogen-bond donors (Lipinski definition) is 2. The van der Waals surface area contributed by atoms with Gasteiger partial charge in [-0.3, -0.25) is 14.4 Å². The molecule has 1 aliphatic rings. The molecular weight excluding hydrogens is 399 g/mol. The van der Waals surface area contributed by atoms with Gasteiger partial charge in [0.15, 0.2) is 0 Å². The van der Waals surface area contributed by atoms with Gasteiger partial charge in [0, 0.05) is 44.8 Å². The summed E-state index contributed by atoms with van der Waals surface area (Å²) < 4.78 is 13.4. The number of amides is 3. The van der Waals surface area contributed by atoms with E-state index in [2.05, 4.69) is 15.5 Å². The van der Waals surface area contributed by atoms with Crippen molar-refractivity contribution in [1.29, 1.82) is 0 Å². The predicted octanol–water partition coefficient (Wildman–Crippen LogP) is 1.79. The molecule has 2 rings (SSSR count). The minimum Gasteiger partial charge on any atom is -0.368 e. The highest BCUT2D eigenvalue weighted by molar-refractivity contribution is 6.31. The van der Waals surface area contributed by atoms with Crippen molar-refractivity contribution in [2.45, 2.75) is 32.2 Å². The Labute approximate surface area is 175 Å². The highest BCUT2D eigenvalue weighted by Crippen LogP contribution is 2.26. The van der Waals surface area contributed by atoms with Crippen LogP contribution < -0.4 is 15.5 Å². The second kappa shape index (κ2) is 9.91. The Morgan fingerprint density at radius 3 is 2.48 bits per heavy atom. The fourth-order valence-electron chi connectivity index (χ4n) is 3.76. The molecule has 9 heteroatoms. The van der Waals surface area contributed by atoms with Crippen LogP contribution in [-0.2, 0) is 14.4 Å². The van der Waals surface area contributed by atoms with Gasteiger partial charge >= 0.3 is 0 Å². The Morgan fingerprint density at radius 2 is 1.97 bits per heavy atom. The summed E-state index contributed by atoms with van der Waals surface area (Å²) in [5, 5.41) is 5.25. The molecule has 29 heavy (non-hydrogen) atoms. The lowest BCUT2D eigenvalue weighted by Gasteiger charge is -2.39. The molecule has 1 aliphatic heterocycles. The predicted molar refractivity (Wildman–Crippen MR) is 110 cm³/mol. The Bertz CT molecular complexity index is 755. The fourth-order valence-corrected chi connectivity index (χ4v) is 3.94. The Morgan fingerprint density at radius 1 is 1.31 bits per heavy atom. The number of halogens is 2. The van der Waals surface area contributed by atoms with Crippen LogP contribution in [0.4, 0.5) is 10.1 Å². The largest absolute Gasteiger partial charge is 0.368 e. The maximum Gasteiger partial charge on any atom is 0.245 e. The van der Waals surface area contributed by atoms with Crippen molar-refractivity contribution >= 4 is 35.5 Å². The zero-order valence-corrected chi connectivity index (χ0v) is 17.8. The number of carbonyl (C=O) groups is 3. The minimum absolute atomic E-state index is 0.0591. The maximum atomic E-state index is 13.4. The lowest BCUT2D eigenvalue weighted by molar-refractivity contribution is -0.138. The lowest BCUT2D eigenvalue weighted by Crippen LogP contribution is -2.58. The second-order valence-corrected chi connectivity index (χ2v) is 7.70. The van der Waals surface area contributed by atoms with Crippen LogP contribution in [0.25, 0.3) is 0 Å². The van der Waals surface area contributed by atoms with Crippen LogP contribution in [0.15, 0.2) is 18.2 Å². The molecule has 1 heterocycles. The average Bonchev–Trinajstić information content (AvgIpc) is 2.74. The van der Waals surface area contributed by atoms with E-state index in [0.29, 0.717) is 39.0 Å². The Hall–Kier alpha value is -2.35. The van der Waals surface area contributed by atoms with Crippen molar-refractivity contribution in [2.24, 2.45) is 5.92 Å². The molecule has 1 aromatic carbocycles. The SMILES string of the molecule is CCC(CC(C)C(=O)N1CCN(c2ccc(F)c(Cl)c2)CC1)(NC=O)C(=O)NC. The van der Waals surface area contributed by atoms with Crippen molar-refractivity contribution in [1.82, 2.24) is 15.5 Å². The number of hydrogen-bond acceptors (Lipinski definition) is 4. The molecule has 0 aliphatic carbocycles. The van der Waals surface area contributed by atoms with Crippen molar-refractivity contribution in [2.75, 3.05) is 38.1 Å². The molecule has 2 N–H and O–H groups in total. The third-order valence-electron chi connectivity index (χ3n) is 5.54. The molecule has 3 amide bonds. The number of benzene rings is 1. The van der Waals surface area contributed by atoms with E-state index in [9.17, 15) is 18.8 Å². The summed E-state index contributed by atoms with van der Waals surface area (Å²) in [6, 6.07) is 4.59. The van der Waals surface area contributed by atoms with Crippen LogP contribution in [0.5, 0.6) is 0 Å². The number of carbonyl (C=O) groups excluding carboxylic acids is 3. The minimum atomic E-state index is -1.11. The number of piperazine rings is 1. The van der Waals surface area contributed by atoms with Gasteiger partial charge in [0.25, 0.3) is 0 Å². The van der Waals surface area contributed by atoms with Crippen LogP contribution in [0.3, 0.4) is 0 Å². The molecule has 7 nitrogen and oxygen atoms in total. The fraction of sp³-hybridized carbons (Fsp3) is 0.550. The van der Waals surface area contributed by atoms with E-state index in [1.54, 1.807) is 30.9 Å². The molecule has 160 valence electrons. The molecule has 1 fully saturated rings. The molecule has 0 bridgehead atoms. The van der Waals surface area contributed by atoms with Crippen molar-refractivity contribution < 1.29 is 18.8 Å². The molecule has 1 aromatic rings. The first-order valence-corrected chi connectivity index (χ1v) is 10.1. The summed E-state index contributed by atoms with van der Waals surface area (Å²) in [5.74, 6) is -1.27. The molecular formula is C20H28ClFN4O3. The Balaban J connectivity index is 2.00. The monoisotopic (exact) mass is 426 g/mol. The van der Waals surface area contributed by atoms with Gasteiger partial charge in [0.2, 0.25) is 18.2 Å². The van der Waals surface area contributed by atoms with Gasteiger partial charge in [-0.2, -0.15) is 0 Å². The number of anilines is 1. The summed E-state index contributed by atoms with van der Waals surface area (Å²) in [4.78, 5) is 40.1. The standard InChI is InChI=1S/C20H28ClFN4O3/c1-4-20(24-13-27,19(29)23-3)12-14(2)18(28)26-9-7-25(8-10-26)15-5-6-17(22)16(21)11-15/h5-6,11,13-14H,4,7-10,12H2,1-3H3,(H,23,29)(H,24,27). The van der Waals surface area contributed by atoms with E-state index in [0.717, 1.165) is 5.69 Å². The highest BCUT2D eigenvalue weighted by Gasteiger charge is 2.39. The normalized spacial score (nSPS) is 17.3. The third kappa shape index (κ3) is 5.18. The zero-order valence-electron chi connectivity index (χ0n) is 17.0. The van der Waals surface area contributed by atoms with Crippen molar-refractivity contribution in [3.05, 3.63) is 29.0 Å². The van der Waals surface area contributed by atoms with E-state index >= 15 is 0 Å². The number of nitrogens with zero attached hydrogens (tertiary/aromatic N) is 2. The van der Waals surface area contributed by atoms with Gasteiger partial charge in [-0.15, -0.1) is 0 Å². The van der Waals surface area contributed by atoms with Crippen LogP contribution in [-0.4, -0.2) is 61.9 Å². The summed E-state index contributed by atoms with van der Waals surface area (Å²) >= 11 is 5.86. The molecule has 2 unspecified atom stereocenters. The molecule has 1 saturated heterocycles. The zero-order chi connectivity index (χ0) is 21.6. The molecule has 0 saturated carbocycles. The van der Waals surface area contributed by atoms with E-state index in [1.807, 2.05) is 0 Å². The summed E-state index contributed by atoms with van der Waals surface area (Å²) in [5.41, 5.74) is -0.297. The molecule has 2 atom stereocenters. The van der Waals surface area contributed by atoms with Crippen molar-refractivity contribution in [3.8, 4) is 0 Å². The topological polar surface area (TPSA) is 81.8 Å². The second-order valence-electron chi connectivity index (χ2n) is 7.29. The summed E-state index contributed by atoms with van der Waals surface area (Å²) in [7, 11) is 1.51. The van der Waals surface area contributed by atoms with Gasteiger partial charge < -0.3 is 20.4 Å². The quantitative estimate of drug-likeness (QED) is 0.621. The first kappa shape index (κ1) is 22.9. The smallest absolute Gasteiger partial charge is 0.245 e. The van der Waals surface area contributed by atoms with E-state index in [1.165, 1.54) is 13.1 Å². The molecule has 0 radical (unpaired) electrons. The first-order chi connectivity index (χ1) is 13.8. The van der Waals surface area contributed by atoms with Gasteiger partial charge in [-0.1, -0.05) is 25.4 Å². The van der Waals surface area contributed by atoms with Crippen LogP contribution >= 0.6 is 11.6 Å². The van der Waals surface area contributed by atoms with Gasteiger partial charge in [-0.05, 0) is 31.0 Å². The van der Waals surface area contributed by atoms with Crippen LogP contribution in [0.1, 0.15) is 26.7 Å². The molecule has 0 aromatic heterocycles. The number of likely N-dealkylation sites (N-methyl/N-ethyl adjacent to an activating group) is 1. The summed E-state index contributed by atoms with van der Waals surface area (Å²) in [6.45, 7) is 5.79. The average molecular weight is 427 g/mol. The van der Waals surface area contributed by atoms with E-state index < -0.39 is 17.3 Å². The van der Waals surface area contributed by atoms with Crippen LogP contribution in [0.2, 0.25) is 5.02 Å².